The van der Waals surface area contributed by atoms with Crippen LogP contribution in [0.25, 0.3) is 0 Å². The molecule has 1 amide bonds. The lowest BCUT2D eigenvalue weighted by Gasteiger charge is -2.05. The lowest BCUT2D eigenvalue weighted by Crippen LogP contribution is -2.24. The summed E-state index contributed by atoms with van der Waals surface area (Å²) in [5, 5.41) is 11.3. The number of rotatable bonds is 3. The van der Waals surface area contributed by atoms with Crippen LogP contribution in [-0.4, -0.2) is 25.5 Å². The smallest absolute Gasteiger partial charge is 0.255 e. The maximum Gasteiger partial charge on any atom is 0.255 e. The highest BCUT2D eigenvalue weighted by molar-refractivity contribution is 5.96. The van der Waals surface area contributed by atoms with Crippen molar-refractivity contribution >= 4 is 5.91 Å². The molecule has 102 valence electrons. The van der Waals surface area contributed by atoms with Crippen molar-refractivity contribution in [3.05, 3.63) is 34.4 Å². The first-order valence-corrected chi connectivity index (χ1v) is 6.17. The molecule has 0 unspecified atom stereocenters. The van der Waals surface area contributed by atoms with Crippen molar-refractivity contribution in [2.45, 2.75) is 27.3 Å². The number of nitrogens with zero attached hydrogens (tertiary/aromatic N) is 4. The van der Waals surface area contributed by atoms with Crippen LogP contribution >= 0.6 is 0 Å². The van der Waals surface area contributed by atoms with Crippen molar-refractivity contribution in [3.63, 3.8) is 0 Å². The second-order valence-electron chi connectivity index (χ2n) is 4.73. The molecule has 0 aromatic carbocycles. The molecular weight excluding hydrogens is 242 g/mol. The fourth-order valence-corrected chi connectivity index (χ4v) is 2.08. The van der Waals surface area contributed by atoms with Crippen molar-refractivity contribution in [3.8, 4) is 0 Å². The first-order valence-electron chi connectivity index (χ1n) is 6.17. The maximum atomic E-state index is 12.2. The third kappa shape index (κ3) is 2.38. The summed E-state index contributed by atoms with van der Waals surface area (Å²) in [6.07, 6.45) is 1.78. The molecule has 0 radical (unpaired) electrons. The number of hydrogen-bond donors (Lipinski definition) is 1. The molecule has 2 aromatic rings. The molecule has 0 atom stereocenters. The Labute approximate surface area is 112 Å². The lowest BCUT2D eigenvalue weighted by atomic mass is 10.2. The average molecular weight is 261 g/mol. The molecule has 0 bridgehead atoms. The topological polar surface area (TPSA) is 64.7 Å². The van der Waals surface area contributed by atoms with E-state index >= 15 is 0 Å². The summed E-state index contributed by atoms with van der Waals surface area (Å²) in [5.41, 5.74) is 4.36. The first-order chi connectivity index (χ1) is 8.91. The van der Waals surface area contributed by atoms with Crippen LogP contribution in [-0.2, 0) is 20.6 Å². The van der Waals surface area contributed by atoms with Gasteiger partial charge in [0.1, 0.15) is 0 Å². The molecule has 0 fully saturated rings. The molecule has 0 saturated heterocycles. The second-order valence-corrected chi connectivity index (χ2v) is 4.73. The molecule has 6 nitrogen and oxygen atoms in total. The highest BCUT2D eigenvalue weighted by Gasteiger charge is 2.17. The van der Waals surface area contributed by atoms with Gasteiger partial charge in [0, 0.05) is 37.6 Å². The zero-order valence-corrected chi connectivity index (χ0v) is 12.0. The lowest BCUT2D eigenvalue weighted by molar-refractivity contribution is 0.0949. The van der Waals surface area contributed by atoms with E-state index in [-0.39, 0.29) is 5.91 Å². The van der Waals surface area contributed by atoms with Gasteiger partial charge >= 0.3 is 0 Å². The Morgan fingerprint density at radius 1 is 1.21 bits per heavy atom. The summed E-state index contributed by atoms with van der Waals surface area (Å²) in [6.45, 7) is 6.20. The standard InChI is InChI=1S/C13H19N5O/c1-8-12(10(3)18(5)16-8)13(19)14-6-11-7-15-17(4)9(11)2/h7H,6H2,1-5H3,(H,14,19). The number of carbonyl (C=O) groups excluding carboxylic acids is 1. The van der Waals surface area contributed by atoms with Gasteiger partial charge in [0.2, 0.25) is 0 Å². The highest BCUT2D eigenvalue weighted by atomic mass is 16.1. The van der Waals surface area contributed by atoms with E-state index in [0.717, 1.165) is 22.6 Å². The van der Waals surface area contributed by atoms with Gasteiger partial charge in [0.05, 0.1) is 17.5 Å². The van der Waals surface area contributed by atoms with Crippen LogP contribution in [0.1, 0.15) is 33.0 Å². The predicted octanol–water partition coefficient (Wildman–Crippen LogP) is 1.01. The number of aryl methyl sites for hydroxylation is 3. The van der Waals surface area contributed by atoms with Gasteiger partial charge in [-0.15, -0.1) is 0 Å². The summed E-state index contributed by atoms with van der Waals surface area (Å²) in [6, 6.07) is 0. The van der Waals surface area contributed by atoms with E-state index < -0.39 is 0 Å². The Bertz CT molecular complexity index is 623. The van der Waals surface area contributed by atoms with Gasteiger partial charge < -0.3 is 5.32 Å². The molecule has 0 aliphatic heterocycles. The van der Waals surface area contributed by atoms with Gasteiger partial charge in [-0.2, -0.15) is 10.2 Å². The molecule has 0 saturated carbocycles. The second kappa shape index (κ2) is 4.87. The molecule has 19 heavy (non-hydrogen) atoms. The minimum absolute atomic E-state index is 0.0913. The van der Waals surface area contributed by atoms with Gasteiger partial charge in [-0.05, 0) is 20.8 Å². The molecule has 2 rings (SSSR count). The summed E-state index contributed by atoms with van der Waals surface area (Å²) < 4.78 is 3.52. The summed E-state index contributed by atoms with van der Waals surface area (Å²) >= 11 is 0. The normalized spacial score (nSPS) is 10.8. The van der Waals surface area contributed by atoms with E-state index in [2.05, 4.69) is 15.5 Å². The van der Waals surface area contributed by atoms with Crippen LogP contribution in [0.4, 0.5) is 0 Å². The van der Waals surface area contributed by atoms with Gasteiger partial charge in [-0.1, -0.05) is 0 Å². The van der Waals surface area contributed by atoms with Gasteiger partial charge in [0.25, 0.3) is 5.91 Å². The van der Waals surface area contributed by atoms with Crippen molar-refractivity contribution in [2.24, 2.45) is 14.1 Å². The summed E-state index contributed by atoms with van der Waals surface area (Å²) in [5.74, 6) is -0.0913. The third-order valence-corrected chi connectivity index (χ3v) is 3.51. The quantitative estimate of drug-likeness (QED) is 0.896. The summed E-state index contributed by atoms with van der Waals surface area (Å²) in [4.78, 5) is 12.2. The monoisotopic (exact) mass is 261 g/mol. The van der Waals surface area contributed by atoms with E-state index in [0.29, 0.717) is 12.1 Å². The molecule has 0 aliphatic carbocycles. The van der Waals surface area contributed by atoms with Crippen LogP contribution in [0.15, 0.2) is 6.20 Å². The van der Waals surface area contributed by atoms with Crippen LogP contribution in [0.5, 0.6) is 0 Å². The molecule has 1 N–H and O–H groups in total. The molecule has 2 heterocycles. The van der Waals surface area contributed by atoms with Gasteiger partial charge in [-0.3, -0.25) is 14.2 Å². The number of amides is 1. The maximum absolute atomic E-state index is 12.2. The molecule has 0 aliphatic rings. The van der Waals surface area contributed by atoms with Crippen LogP contribution < -0.4 is 5.32 Å². The minimum Gasteiger partial charge on any atom is -0.348 e. The average Bonchev–Trinajstić information content (AvgIpc) is 2.79. The number of aromatic nitrogens is 4. The Balaban J connectivity index is 2.12. The Morgan fingerprint density at radius 3 is 2.37 bits per heavy atom. The summed E-state index contributed by atoms with van der Waals surface area (Å²) in [7, 11) is 3.72. The largest absolute Gasteiger partial charge is 0.348 e. The zero-order valence-electron chi connectivity index (χ0n) is 12.0. The highest BCUT2D eigenvalue weighted by Crippen LogP contribution is 2.12. The third-order valence-electron chi connectivity index (χ3n) is 3.51. The van der Waals surface area contributed by atoms with E-state index in [1.165, 1.54) is 0 Å². The van der Waals surface area contributed by atoms with E-state index in [4.69, 9.17) is 0 Å². The van der Waals surface area contributed by atoms with E-state index in [9.17, 15) is 4.79 Å². The van der Waals surface area contributed by atoms with Crippen molar-refractivity contribution < 1.29 is 4.79 Å². The van der Waals surface area contributed by atoms with Crippen LogP contribution in [0, 0.1) is 20.8 Å². The molecule has 6 heteroatoms. The number of hydrogen-bond acceptors (Lipinski definition) is 3. The first kappa shape index (κ1) is 13.3. The predicted molar refractivity (Wildman–Crippen MR) is 71.8 cm³/mol. The van der Waals surface area contributed by atoms with Crippen LogP contribution in [0.2, 0.25) is 0 Å². The SMILES string of the molecule is Cc1nn(C)c(C)c1C(=O)NCc1cnn(C)c1C. The van der Waals surface area contributed by atoms with E-state index in [1.807, 2.05) is 34.9 Å². The molecule has 0 spiro atoms. The molecular formula is C13H19N5O. The Hall–Kier alpha value is -2.11. The van der Waals surface area contributed by atoms with Crippen LogP contribution in [0.3, 0.4) is 0 Å². The fraction of sp³-hybridized carbons (Fsp3) is 0.462. The Morgan fingerprint density at radius 2 is 1.89 bits per heavy atom. The van der Waals surface area contributed by atoms with Gasteiger partial charge in [0.15, 0.2) is 0 Å². The number of nitrogens with one attached hydrogen (secondary N) is 1. The zero-order chi connectivity index (χ0) is 14.2. The van der Waals surface area contributed by atoms with Crippen molar-refractivity contribution in [1.29, 1.82) is 0 Å². The van der Waals surface area contributed by atoms with E-state index in [1.54, 1.807) is 15.6 Å². The van der Waals surface area contributed by atoms with Crippen molar-refractivity contribution in [1.82, 2.24) is 24.9 Å². The minimum atomic E-state index is -0.0913. The fourth-order valence-electron chi connectivity index (χ4n) is 2.08. The van der Waals surface area contributed by atoms with Crippen molar-refractivity contribution in [2.75, 3.05) is 0 Å². The van der Waals surface area contributed by atoms with Gasteiger partial charge in [-0.25, -0.2) is 0 Å². The molecule has 2 aromatic heterocycles. The number of carbonyl (C=O) groups is 1. The Kier molecular flexibility index (Phi) is 3.42.